The lowest BCUT2D eigenvalue weighted by atomic mass is 9.99. The van der Waals surface area contributed by atoms with E-state index in [0.717, 1.165) is 89.9 Å². The third-order valence-electron chi connectivity index (χ3n) is 10.2. The maximum absolute atomic E-state index is 12.7. The van der Waals surface area contributed by atoms with E-state index in [0.29, 0.717) is 12.8 Å². The SMILES string of the molecule is CCCCC/C=C\C/C=C\C/C=C\CCCCCCCCC(=O)OCC(COC1OC(C(=O)O)C(O)C(O)C1O)OC(=O)CCCCCCC/C=C\CCCCCC. The Hall–Kier alpha value is -2.83. The van der Waals surface area contributed by atoms with Crippen molar-refractivity contribution in [3.63, 3.8) is 0 Å². The van der Waals surface area contributed by atoms with Crippen LogP contribution in [0.1, 0.15) is 181 Å². The third-order valence-corrected chi connectivity index (χ3v) is 10.2. The van der Waals surface area contributed by atoms with Crippen LogP contribution < -0.4 is 0 Å². The topological polar surface area (TPSA) is 169 Å². The number of unbranched alkanes of at least 4 members (excludes halogenated alkanes) is 18. The van der Waals surface area contributed by atoms with Gasteiger partial charge in [0, 0.05) is 12.8 Å². The first-order chi connectivity index (χ1) is 28.2. The average molecular weight is 821 g/mol. The van der Waals surface area contributed by atoms with Gasteiger partial charge in [0.2, 0.25) is 0 Å². The van der Waals surface area contributed by atoms with E-state index in [1.54, 1.807) is 0 Å². The monoisotopic (exact) mass is 821 g/mol. The lowest BCUT2D eigenvalue weighted by molar-refractivity contribution is -0.298. The molecule has 1 saturated heterocycles. The van der Waals surface area contributed by atoms with Gasteiger partial charge in [0.25, 0.3) is 0 Å². The maximum atomic E-state index is 12.7. The van der Waals surface area contributed by atoms with E-state index in [4.69, 9.17) is 18.9 Å². The van der Waals surface area contributed by atoms with Crippen molar-refractivity contribution in [3.05, 3.63) is 48.6 Å². The normalized spacial score (nSPS) is 20.5. The van der Waals surface area contributed by atoms with Crippen LogP contribution in [0.5, 0.6) is 0 Å². The number of carbonyl (C=O) groups is 3. The lowest BCUT2D eigenvalue weighted by Gasteiger charge is -2.38. The molecule has 1 rings (SSSR count). The quantitative estimate of drug-likeness (QED) is 0.0267. The number of ether oxygens (including phenoxy) is 4. The van der Waals surface area contributed by atoms with Crippen LogP contribution in [-0.2, 0) is 33.3 Å². The zero-order chi connectivity index (χ0) is 42.5. The Balaban J connectivity index is 2.37. The highest BCUT2D eigenvalue weighted by Gasteiger charge is 2.47. The largest absolute Gasteiger partial charge is 0.479 e. The molecule has 0 aromatic carbocycles. The van der Waals surface area contributed by atoms with Gasteiger partial charge in [0.05, 0.1) is 6.61 Å². The number of aliphatic carboxylic acids is 1. The van der Waals surface area contributed by atoms with Gasteiger partial charge in [0.1, 0.15) is 24.9 Å². The predicted molar refractivity (Wildman–Crippen MR) is 229 cm³/mol. The van der Waals surface area contributed by atoms with Crippen LogP contribution in [0.15, 0.2) is 48.6 Å². The Kier molecular flexibility index (Phi) is 34.1. The fourth-order valence-corrected chi connectivity index (χ4v) is 6.53. The number of hydrogen-bond donors (Lipinski definition) is 4. The van der Waals surface area contributed by atoms with Crippen LogP contribution in [0, 0.1) is 0 Å². The molecule has 1 aliphatic rings. The van der Waals surface area contributed by atoms with E-state index < -0.39 is 61.3 Å². The van der Waals surface area contributed by atoms with Crippen LogP contribution in [0.25, 0.3) is 0 Å². The highest BCUT2D eigenvalue weighted by molar-refractivity contribution is 5.73. The van der Waals surface area contributed by atoms with E-state index in [2.05, 4.69) is 62.5 Å². The van der Waals surface area contributed by atoms with Gasteiger partial charge in [-0.15, -0.1) is 0 Å². The molecule has 0 aromatic rings. The highest BCUT2D eigenvalue weighted by Crippen LogP contribution is 2.23. The Morgan fingerprint density at radius 1 is 0.534 bits per heavy atom. The number of hydrogen-bond acceptors (Lipinski definition) is 10. The molecule has 1 aliphatic heterocycles. The van der Waals surface area contributed by atoms with Crippen molar-refractivity contribution in [2.75, 3.05) is 13.2 Å². The summed E-state index contributed by atoms with van der Waals surface area (Å²) >= 11 is 0. The molecule has 1 fully saturated rings. The molecule has 334 valence electrons. The van der Waals surface area contributed by atoms with Gasteiger partial charge < -0.3 is 39.4 Å². The van der Waals surface area contributed by atoms with Crippen LogP contribution in [0.4, 0.5) is 0 Å². The summed E-state index contributed by atoms with van der Waals surface area (Å²) in [5.41, 5.74) is 0. The number of allylic oxidation sites excluding steroid dienone is 8. The molecular weight excluding hydrogens is 741 g/mol. The van der Waals surface area contributed by atoms with E-state index in [-0.39, 0.29) is 19.4 Å². The number of carbonyl (C=O) groups excluding carboxylic acids is 2. The van der Waals surface area contributed by atoms with Crippen LogP contribution in [0.3, 0.4) is 0 Å². The van der Waals surface area contributed by atoms with Crippen molar-refractivity contribution in [3.8, 4) is 0 Å². The summed E-state index contributed by atoms with van der Waals surface area (Å²) in [5, 5.41) is 39.8. The van der Waals surface area contributed by atoms with Crippen LogP contribution in [-0.4, -0.2) is 88.4 Å². The van der Waals surface area contributed by atoms with Gasteiger partial charge in [-0.3, -0.25) is 9.59 Å². The van der Waals surface area contributed by atoms with Crippen molar-refractivity contribution in [2.24, 2.45) is 0 Å². The van der Waals surface area contributed by atoms with Gasteiger partial charge >= 0.3 is 17.9 Å². The van der Waals surface area contributed by atoms with Gasteiger partial charge in [-0.2, -0.15) is 0 Å². The summed E-state index contributed by atoms with van der Waals surface area (Å²) in [6, 6.07) is 0. The lowest BCUT2D eigenvalue weighted by Crippen LogP contribution is -2.60. The summed E-state index contributed by atoms with van der Waals surface area (Å²) < 4.78 is 21.7. The van der Waals surface area contributed by atoms with Crippen molar-refractivity contribution >= 4 is 17.9 Å². The molecule has 1 heterocycles. The molecule has 0 saturated carbocycles. The fraction of sp³-hybridized carbons (Fsp3) is 0.766. The molecule has 6 atom stereocenters. The summed E-state index contributed by atoms with van der Waals surface area (Å²) in [4.78, 5) is 36.8. The average Bonchev–Trinajstić information content (AvgIpc) is 3.21. The smallest absolute Gasteiger partial charge is 0.335 e. The van der Waals surface area contributed by atoms with Crippen LogP contribution in [0.2, 0.25) is 0 Å². The molecular formula is C47H80O11. The third kappa shape index (κ3) is 28.6. The van der Waals surface area contributed by atoms with Crippen molar-refractivity contribution < 1.29 is 53.8 Å². The summed E-state index contributed by atoms with van der Waals surface area (Å²) in [7, 11) is 0. The minimum absolute atomic E-state index is 0.168. The van der Waals surface area contributed by atoms with E-state index in [1.807, 2.05) is 0 Å². The Bertz CT molecular complexity index is 1150. The van der Waals surface area contributed by atoms with Gasteiger partial charge in [0.15, 0.2) is 18.5 Å². The molecule has 11 nitrogen and oxygen atoms in total. The molecule has 6 unspecified atom stereocenters. The molecule has 58 heavy (non-hydrogen) atoms. The fourth-order valence-electron chi connectivity index (χ4n) is 6.53. The minimum Gasteiger partial charge on any atom is -0.479 e. The predicted octanol–water partition coefficient (Wildman–Crippen LogP) is 9.76. The van der Waals surface area contributed by atoms with E-state index in [1.165, 1.54) is 51.4 Å². The Morgan fingerprint density at radius 2 is 0.966 bits per heavy atom. The highest BCUT2D eigenvalue weighted by atomic mass is 16.7. The summed E-state index contributed by atoms with van der Waals surface area (Å²) in [5.74, 6) is -2.47. The molecule has 0 aromatic heterocycles. The number of carboxylic acid groups (broad SMARTS) is 1. The van der Waals surface area contributed by atoms with Crippen LogP contribution >= 0.6 is 0 Å². The van der Waals surface area contributed by atoms with Gasteiger partial charge in [-0.1, -0.05) is 140 Å². The van der Waals surface area contributed by atoms with Gasteiger partial charge in [-0.25, -0.2) is 4.79 Å². The zero-order valence-corrected chi connectivity index (χ0v) is 36.0. The molecule has 0 bridgehead atoms. The minimum atomic E-state index is -1.86. The van der Waals surface area contributed by atoms with Crippen molar-refractivity contribution in [1.82, 2.24) is 0 Å². The summed E-state index contributed by atoms with van der Waals surface area (Å²) in [6.07, 6.45) is 34.4. The standard InChI is InChI=1S/C47H80O11/c1-3-5-7-9-11-13-15-17-18-19-20-21-22-24-25-27-29-31-33-35-40(48)55-37-39(38-56-47-44(52)42(50)43(51)45(58-47)46(53)54)57-41(49)36-34-32-30-28-26-23-16-14-12-10-8-6-4-2/h11,13-14,16-18,20-21,39,42-45,47,50-52H,3-10,12,15,19,22-38H2,1-2H3,(H,53,54)/b13-11-,16-14-,18-17-,21-20-. The second-order valence-electron chi connectivity index (χ2n) is 15.5. The molecule has 0 spiro atoms. The number of aliphatic hydroxyl groups is 3. The van der Waals surface area contributed by atoms with Crippen molar-refractivity contribution in [2.45, 2.75) is 218 Å². The van der Waals surface area contributed by atoms with E-state index >= 15 is 0 Å². The van der Waals surface area contributed by atoms with Crippen molar-refractivity contribution in [1.29, 1.82) is 0 Å². The number of aliphatic hydroxyl groups excluding tert-OH is 3. The molecule has 0 aliphatic carbocycles. The molecule has 4 N–H and O–H groups in total. The zero-order valence-electron chi connectivity index (χ0n) is 36.0. The Morgan fingerprint density at radius 3 is 1.50 bits per heavy atom. The second-order valence-corrected chi connectivity index (χ2v) is 15.5. The molecule has 0 radical (unpaired) electrons. The maximum Gasteiger partial charge on any atom is 0.335 e. The molecule has 0 amide bonds. The Labute approximate surface area is 350 Å². The summed E-state index contributed by atoms with van der Waals surface area (Å²) in [6.45, 7) is 3.74. The molecule has 11 heteroatoms. The first-order valence-corrected chi connectivity index (χ1v) is 22.7. The first kappa shape index (κ1) is 53.2. The first-order valence-electron chi connectivity index (χ1n) is 22.7. The van der Waals surface area contributed by atoms with Gasteiger partial charge in [-0.05, 0) is 77.0 Å². The number of carboxylic acids is 1. The van der Waals surface area contributed by atoms with E-state index in [9.17, 15) is 34.8 Å². The second kappa shape index (κ2) is 37.2. The number of esters is 2. The number of rotatable bonds is 37.